The summed E-state index contributed by atoms with van der Waals surface area (Å²) in [6, 6.07) is 14.6. The van der Waals surface area contributed by atoms with Crippen LogP contribution in [0.4, 0.5) is 0 Å². The Hall–Kier alpha value is -5.52. The molecule has 0 aliphatic carbocycles. The fourth-order valence-corrected chi connectivity index (χ4v) is 5.57. The molecule has 3 aromatic rings. The molecule has 284 valence electrons. The van der Waals surface area contributed by atoms with E-state index in [0.717, 1.165) is 16.7 Å². The Kier molecular flexibility index (Phi) is 16.7. The fraction of sp³-hybridized carbons (Fsp3) is 0.415. The molecule has 0 unspecified atom stereocenters. The van der Waals surface area contributed by atoms with Crippen LogP contribution in [0.3, 0.4) is 0 Å². The average Bonchev–Trinajstić information content (AvgIpc) is 3.11. The van der Waals surface area contributed by atoms with Gasteiger partial charge in [0, 0.05) is 51.4 Å². The van der Waals surface area contributed by atoms with Crippen LogP contribution in [0, 0.1) is 20.8 Å². The van der Waals surface area contributed by atoms with Gasteiger partial charge < -0.3 is 28.4 Å². The summed E-state index contributed by atoms with van der Waals surface area (Å²) >= 11 is 0. The lowest BCUT2D eigenvalue weighted by Gasteiger charge is -2.19. The molecule has 0 heterocycles. The van der Waals surface area contributed by atoms with Crippen molar-refractivity contribution in [2.24, 2.45) is 0 Å². The largest absolute Gasteiger partial charge is 0.469 e. The summed E-state index contributed by atoms with van der Waals surface area (Å²) in [7, 11) is 3.86. The van der Waals surface area contributed by atoms with Crippen LogP contribution in [0.25, 0.3) is 0 Å². The van der Waals surface area contributed by atoms with Crippen LogP contribution in [-0.2, 0) is 55.8 Å². The molecule has 0 atom stereocenters. The topological polar surface area (TPSA) is 158 Å². The van der Waals surface area contributed by atoms with E-state index < -0.39 is 35.8 Å². The highest BCUT2D eigenvalue weighted by Gasteiger charge is 2.21. The summed E-state index contributed by atoms with van der Waals surface area (Å²) in [6.45, 7) is 5.72. The number of hydrogen-bond donors (Lipinski definition) is 0. The highest BCUT2D eigenvalue weighted by Crippen LogP contribution is 2.35. The van der Waals surface area contributed by atoms with E-state index in [4.69, 9.17) is 18.9 Å². The first-order chi connectivity index (χ1) is 25.3. The molecular formula is C41H48O12. The molecule has 0 saturated carbocycles. The Morgan fingerprint density at radius 2 is 0.736 bits per heavy atom. The monoisotopic (exact) mass is 732 g/mol. The predicted octanol–water partition coefficient (Wildman–Crippen LogP) is 6.54. The second-order valence-electron chi connectivity index (χ2n) is 12.7. The van der Waals surface area contributed by atoms with Crippen LogP contribution >= 0.6 is 0 Å². The third-order valence-electron chi connectivity index (χ3n) is 8.21. The van der Waals surface area contributed by atoms with Gasteiger partial charge in [-0.15, -0.1) is 0 Å². The van der Waals surface area contributed by atoms with Crippen molar-refractivity contribution in [3.8, 4) is 17.2 Å². The number of esters is 6. The summed E-state index contributed by atoms with van der Waals surface area (Å²) in [6.07, 6.45) is 1.43. The van der Waals surface area contributed by atoms with Gasteiger partial charge in [-0.25, -0.2) is 0 Å². The molecule has 0 fully saturated rings. The Balaban J connectivity index is 1.99. The summed E-state index contributed by atoms with van der Waals surface area (Å²) in [5.74, 6) is -1.87. The Morgan fingerprint density at radius 3 is 1.09 bits per heavy atom. The maximum Gasteiger partial charge on any atom is 0.311 e. The number of carbonyl (C=O) groups excluding carboxylic acids is 6. The minimum atomic E-state index is -0.553. The lowest BCUT2D eigenvalue weighted by Crippen LogP contribution is -2.14. The summed E-state index contributed by atoms with van der Waals surface area (Å²) < 4.78 is 31.6. The average molecular weight is 733 g/mol. The third kappa shape index (κ3) is 14.2. The quantitative estimate of drug-likeness (QED) is 0.0746. The first-order valence-electron chi connectivity index (χ1n) is 17.5. The van der Waals surface area contributed by atoms with Crippen molar-refractivity contribution < 1.29 is 57.2 Å². The molecule has 3 aromatic carbocycles. The lowest BCUT2D eigenvalue weighted by atomic mass is 9.93. The number of carbonyl (C=O) groups is 6. The van der Waals surface area contributed by atoms with Gasteiger partial charge >= 0.3 is 35.8 Å². The highest BCUT2D eigenvalue weighted by atomic mass is 16.5. The van der Waals surface area contributed by atoms with Crippen LogP contribution in [0.5, 0.6) is 17.2 Å². The molecular weight excluding hydrogens is 684 g/mol. The predicted molar refractivity (Wildman–Crippen MR) is 194 cm³/mol. The molecule has 0 aliphatic heterocycles. The number of aryl methyl sites for hydroxylation is 3. The molecule has 3 rings (SSSR count). The lowest BCUT2D eigenvalue weighted by molar-refractivity contribution is -0.142. The second-order valence-corrected chi connectivity index (χ2v) is 12.7. The van der Waals surface area contributed by atoms with E-state index in [2.05, 4.69) is 9.47 Å². The zero-order valence-corrected chi connectivity index (χ0v) is 31.3. The maximum atomic E-state index is 13.3. The molecule has 12 nitrogen and oxygen atoms in total. The van der Waals surface area contributed by atoms with Crippen LogP contribution in [0.2, 0.25) is 0 Å². The van der Waals surface area contributed by atoms with Gasteiger partial charge in [-0.2, -0.15) is 0 Å². The fourth-order valence-electron chi connectivity index (χ4n) is 5.57. The van der Waals surface area contributed by atoms with Gasteiger partial charge in [0.15, 0.2) is 0 Å². The zero-order valence-electron chi connectivity index (χ0n) is 31.3. The van der Waals surface area contributed by atoms with Crippen molar-refractivity contribution in [3.63, 3.8) is 0 Å². The number of hydrogen-bond acceptors (Lipinski definition) is 12. The molecule has 0 amide bonds. The van der Waals surface area contributed by atoms with Crippen LogP contribution < -0.4 is 14.2 Å². The van der Waals surface area contributed by atoms with E-state index in [1.54, 1.807) is 12.1 Å². The molecule has 53 heavy (non-hydrogen) atoms. The normalized spacial score (nSPS) is 10.6. The Bertz CT molecular complexity index is 1680. The number of benzene rings is 3. The molecule has 0 radical (unpaired) electrons. The van der Waals surface area contributed by atoms with Crippen LogP contribution in [0.15, 0.2) is 48.5 Å². The van der Waals surface area contributed by atoms with E-state index in [9.17, 15) is 28.8 Å². The SMILES string of the molecule is COC(=O)CCCC(=O)Oc1ccc(C)cc1Cc1cc(C)cc(Cc2cc(C)ccc2OC(=O)CCCC(=O)OC)c1OC(=O)CCCC(=O)OC. The molecule has 0 spiro atoms. The van der Waals surface area contributed by atoms with E-state index >= 15 is 0 Å². The highest BCUT2D eigenvalue weighted by molar-refractivity contribution is 5.77. The van der Waals surface area contributed by atoms with Gasteiger partial charge in [0.1, 0.15) is 17.2 Å². The summed E-state index contributed by atoms with van der Waals surface area (Å²) in [4.78, 5) is 73.5. The third-order valence-corrected chi connectivity index (χ3v) is 8.21. The molecule has 12 heteroatoms. The van der Waals surface area contributed by atoms with E-state index in [1.165, 1.54) is 21.3 Å². The van der Waals surface area contributed by atoms with Gasteiger partial charge in [0.2, 0.25) is 0 Å². The maximum absolute atomic E-state index is 13.3. The van der Waals surface area contributed by atoms with Crippen molar-refractivity contribution >= 4 is 35.8 Å². The van der Waals surface area contributed by atoms with Crippen molar-refractivity contribution in [2.75, 3.05) is 21.3 Å². The smallest absolute Gasteiger partial charge is 0.311 e. The Labute approximate surface area is 310 Å². The van der Waals surface area contributed by atoms with Crippen LogP contribution in [-0.4, -0.2) is 57.1 Å². The first kappa shape index (κ1) is 41.9. The molecule has 0 saturated heterocycles. The van der Waals surface area contributed by atoms with Crippen molar-refractivity contribution in [1.29, 1.82) is 0 Å². The standard InChI is InChI=1S/C41H48O12/c1-26-16-18-33(51-38(45)13-7-10-35(42)48-4)29(20-26)24-31-22-28(3)23-32(41(31)53-40(47)15-9-12-37(44)50-6)25-30-21-27(2)17-19-34(30)52-39(46)14-8-11-36(43)49-5/h16-23H,7-15,24-25H2,1-6H3. The minimum Gasteiger partial charge on any atom is -0.469 e. The van der Waals surface area contributed by atoms with Gasteiger partial charge in [-0.05, 0) is 74.4 Å². The number of rotatable bonds is 19. The van der Waals surface area contributed by atoms with Crippen molar-refractivity contribution in [3.05, 3.63) is 87.5 Å². The van der Waals surface area contributed by atoms with Crippen LogP contribution in [0.1, 0.15) is 96.7 Å². The van der Waals surface area contributed by atoms with Gasteiger partial charge in [-0.1, -0.05) is 53.1 Å². The van der Waals surface area contributed by atoms with Crippen molar-refractivity contribution in [2.45, 2.75) is 91.4 Å². The summed E-state index contributed by atoms with van der Waals surface area (Å²) in [5.41, 5.74) is 5.32. The van der Waals surface area contributed by atoms with Gasteiger partial charge in [-0.3, -0.25) is 28.8 Å². The molecule has 0 aliphatic rings. The van der Waals surface area contributed by atoms with Gasteiger partial charge in [0.05, 0.1) is 21.3 Å². The first-order valence-corrected chi connectivity index (χ1v) is 17.5. The minimum absolute atomic E-state index is 0.0140. The molecule has 0 N–H and O–H groups in total. The van der Waals surface area contributed by atoms with E-state index in [-0.39, 0.29) is 70.6 Å². The van der Waals surface area contributed by atoms with E-state index in [1.807, 2.05) is 57.2 Å². The number of methoxy groups -OCH3 is 3. The second kappa shape index (κ2) is 21.1. The molecule has 0 aromatic heterocycles. The Morgan fingerprint density at radius 1 is 0.415 bits per heavy atom. The zero-order chi connectivity index (χ0) is 38.9. The van der Waals surface area contributed by atoms with E-state index in [0.29, 0.717) is 39.5 Å². The van der Waals surface area contributed by atoms with Crippen molar-refractivity contribution in [1.82, 2.24) is 0 Å². The number of ether oxygens (including phenoxy) is 6. The van der Waals surface area contributed by atoms with Gasteiger partial charge in [0.25, 0.3) is 0 Å². The summed E-state index contributed by atoms with van der Waals surface area (Å²) in [5, 5.41) is 0. The molecule has 0 bridgehead atoms.